The van der Waals surface area contributed by atoms with Crippen LogP contribution in [0, 0.1) is 12.8 Å². The number of hydrogen-bond donors (Lipinski definition) is 3. The largest absolute Gasteiger partial charge is 0.481 e. The Hall–Kier alpha value is -2.13. The minimum Gasteiger partial charge on any atom is -0.481 e. The lowest BCUT2D eigenvalue weighted by atomic mass is 9.81. The third kappa shape index (κ3) is 4.05. The first-order valence-electron chi connectivity index (χ1n) is 9.51. The lowest BCUT2D eigenvalue weighted by Gasteiger charge is -2.29. The number of sulfonamides is 1. The molecule has 1 aliphatic heterocycles. The van der Waals surface area contributed by atoms with Crippen molar-refractivity contribution in [3.8, 4) is 0 Å². The first-order valence-corrected chi connectivity index (χ1v) is 12.2. The number of carboxylic acid groups (broad SMARTS) is 1. The quantitative estimate of drug-likeness (QED) is 0.518. The Morgan fingerprint density at radius 3 is 2.83 bits per heavy atom. The van der Waals surface area contributed by atoms with E-state index < -0.39 is 21.9 Å². The van der Waals surface area contributed by atoms with Crippen LogP contribution in [0.15, 0.2) is 46.7 Å². The predicted octanol–water partition coefficient (Wildman–Crippen LogP) is 4.44. The first-order chi connectivity index (χ1) is 14.3. The summed E-state index contributed by atoms with van der Waals surface area (Å²) in [5, 5.41) is 14.1. The summed E-state index contributed by atoms with van der Waals surface area (Å²) in [7, 11) is -3.80. The molecule has 2 aromatic carbocycles. The minimum atomic E-state index is -3.80. The molecule has 30 heavy (non-hydrogen) atoms. The molecule has 158 valence electrons. The van der Waals surface area contributed by atoms with Gasteiger partial charge in [-0.15, -0.1) is 11.3 Å². The molecule has 0 saturated carbocycles. The molecule has 0 bridgehead atoms. The van der Waals surface area contributed by atoms with E-state index in [1.165, 1.54) is 11.3 Å². The van der Waals surface area contributed by atoms with Crippen molar-refractivity contribution in [2.45, 2.75) is 23.5 Å². The molecule has 6 nitrogen and oxygen atoms in total. The van der Waals surface area contributed by atoms with E-state index in [0.29, 0.717) is 35.8 Å². The van der Waals surface area contributed by atoms with Crippen molar-refractivity contribution in [3.05, 3.63) is 58.6 Å². The summed E-state index contributed by atoms with van der Waals surface area (Å²) in [6.45, 7) is 2.98. The van der Waals surface area contributed by atoms with Crippen LogP contribution in [0.4, 0.5) is 5.69 Å². The lowest BCUT2D eigenvalue weighted by Crippen LogP contribution is -2.38. The van der Waals surface area contributed by atoms with Gasteiger partial charge in [0.25, 0.3) is 10.0 Å². The highest BCUT2D eigenvalue weighted by Gasteiger charge is 2.32. The lowest BCUT2D eigenvalue weighted by molar-refractivity contribution is -0.143. The molecule has 1 aliphatic rings. The number of carboxylic acids is 1. The van der Waals surface area contributed by atoms with E-state index in [-0.39, 0.29) is 10.1 Å². The molecular weight excluding hydrogens is 444 g/mol. The second-order valence-corrected chi connectivity index (χ2v) is 10.8. The van der Waals surface area contributed by atoms with Crippen molar-refractivity contribution in [3.63, 3.8) is 0 Å². The van der Waals surface area contributed by atoms with E-state index in [4.69, 9.17) is 11.6 Å². The summed E-state index contributed by atoms with van der Waals surface area (Å²) < 4.78 is 29.9. The van der Waals surface area contributed by atoms with Gasteiger partial charge in [-0.3, -0.25) is 9.52 Å². The minimum absolute atomic E-state index is 0.214. The summed E-state index contributed by atoms with van der Waals surface area (Å²) in [6.07, 6.45) is 0.541. The van der Waals surface area contributed by atoms with Crippen molar-refractivity contribution in [1.82, 2.24) is 5.32 Å². The second-order valence-electron chi connectivity index (χ2n) is 7.43. The van der Waals surface area contributed by atoms with Crippen LogP contribution in [0.1, 0.15) is 23.5 Å². The maximum absolute atomic E-state index is 13.1. The van der Waals surface area contributed by atoms with Crippen molar-refractivity contribution in [2.24, 2.45) is 5.92 Å². The molecule has 1 fully saturated rings. The fourth-order valence-corrected chi connectivity index (χ4v) is 6.93. The van der Waals surface area contributed by atoms with Gasteiger partial charge in [-0.1, -0.05) is 23.7 Å². The number of halogens is 1. The number of piperidine rings is 1. The van der Waals surface area contributed by atoms with Crippen LogP contribution in [-0.2, 0) is 14.8 Å². The Labute approximate surface area is 183 Å². The summed E-state index contributed by atoms with van der Waals surface area (Å²) in [4.78, 5) is 11.6. The number of aryl methyl sites for hydroxylation is 1. The van der Waals surface area contributed by atoms with E-state index >= 15 is 0 Å². The summed E-state index contributed by atoms with van der Waals surface area (Å²) >= 11 is 7.26. The number of nitrogens with one attached hydrogen (secondary N) is 2. The highest BCUT2D eigenvalue weighted by atomic mass is 35.5. The number of rotatable bonds is 5. The number of hydrogen-bond acceptors (Lipinski definition) is 5. The van der Waals surface area contributed by atoms with E-state index in [1.807, 2.05) is 12.1 Å². The van der Waals surface area contributed by atoms with Gasteiger partial charge in [0.15, 0.2) is 0 Å². The molecule has 3 aromatic rings. The highest BCUT2D eigenvalue weighted by Crippen LogP contribution is 2.37. The van der Waals surface area contributed by atoms with Gasteiger partial charge in [0, 0.05) is 27.9 Å². The van der Waals surface area contributed by atoms with Gasteiger partial charge >= 0.3 is 5.97 Å². The van der Waals surface area contributed by atoms with Crippen LogP contribution in [0.2, 0.25) is 5.02 Å². The Morgan fingerprint density at radius 2 is 2.07 bits per heavy atom. The number of carbonyl (C=O) groups is 1. The van der Waals surface area contributed by atoms with Gasteiger partial charge in [-0.2, -0.15) is 0 Å². The van der Waals surface area contributed by atoms with Crippen LogP contribution in [0.5, 0.6) is 0 Å². The Kier molecular flexibility index (Phi) is 5.76. The molecule has 0 spiro atoms. The standard InChI is InChI=1S/C21H21ClN2O4S2/c1-12-17-10-14(22)5-6-19(17)29-21(12)30(27,28)24-15-4-2-3-13(9-15)18-11-23-8-7-16(18)20(25)26/h2-6,9-10,16,18,23-24H,7-8,11H2,1H3,(H,25,26)/t16-,18+/m1/s1. The summed E-state index contributed by atoms with van der Waals surface area (Å²) in [5.41, 5.74) is 1.87. The molecular formula is C21H21ClN2O4S2. The fraction of sp³-hybridized carbons (Fsp3) is 0.286. The zero-order valence-corrected chi connectivity index (χ0v) is 18.6. The van der Waals surface area contributed by atoms with E-state index in [9.17, 15) is 18.3 Å². The fourth-order valence-electron chi connectivity index (χ4n) is 3.97. The number of anilines is 1. The van der Waals surface area contributed by atoms with E-state index in [0.717, 1.165) is 15.6 Å². The number of thiophene rings is 1. The second kappa shape index (κ2) is 8.19. The summed E-state index contributed by atoms with van der Waals surface area (Å²) in [5.74, 6) is -1.53. The van der Waals surface area contributed by atoms with Crippen molar-refractivity contribution in [1.29, 1.82) is 0 Å². The molecule has 2 heterocycles. The maximum Gasteiger partial charge on any atom is 0.307 e. The highest BCUT2D eigenvalue weighted by molar-refractivity contribution is 7.94. The smallest absolute Gasteiger partial charge is 0.307 e. The topological polar surface area (TPSA) is 95.5 Å². The number of benzene rings is 2. The molecule has 4 rings (SSSR count). The third-order valence-corrected chi connectivity index (χ3v) is 8.97. The monoisotopic (exact) mass is 464 g/mol. The molecule has 0 unspecified atom stereocenters. The van der Waals surface area contributed by atoms with Crippen LogP contribution < -0.4 is 10.0 Å². The van der Waals surface area contributed by atoms with E-state index in [2.05, 4.69) is 10.0 Å². The van der Waals surface area contributed by atoms with Crippen LogP contribution in [-0.4, -0.2) is 32.6 Å². The van der Waals surface area contributed by atoms with Gasteiger partial charge in [-0.25, -0.2) is 8.42 Å². The number of aliphatic carboxylic acids is 1. The zero-order valence-electron chi connectivity index (χ0n) is 16.2. The molecule has 2 atom stereocenters. The van der Waals surface area contributed by atoms with Crippen molar-refractivity contribution < 1.29 is 18.3 Å². The van der Waals surface area contributed by atoms with Gasteiger partial charge in [0.1, 0.15) is 4.21 Å². The first kappa shape index (κ1) is 21.1. The molecule has 0 aliphatic carbocycles. The third-order valence-electron chi connectivity index (χ3n) is 5.46. The molecule has 1 aromatic heterocycles. The summed E-state index contributed by atoms with van der Waals surface area (Å²) in [6, 6.07) is 12.3. The average Bonchev–Trinajstić information content (AvgIpc) is 3.05. The molecule has 1 saturated heterocycles. The Morgan fingerprint density at radius 1 is 1.27 bits per heavy atom. The average molecular weight is 465 g/mol. The van der Waals surface area contributed by atoms with Crippen LogP contribution >= 0.6 is 22.9 Å². The van der Waals surface area contributed by atoms with Crippen molar-refractivity contribution in [2.75, 3.05) is 17.8 Å². The molecule has 9 heteroatoms. The molecule has 0 amide bonds. The number of fused-ring (bicyclic) bond motifs is 1. The zero-order chi connectivity index (χ0) is 21.5. The van der Waals surface area contributed by atoms with Crippen molar-refractivity contribution >= 4 is 54.7 Å². The van der Waals surface area contributed by atoms with Crippen LogP contribution in [0.3, 0.4) is 0 Å². The normalized spacial score (nSPS) is 19.7. The molecule has 0 radical (unpaired) electrons. The Balaban J connectivity index is 1.65. The Bertz CT molecular complexity index is 1220. The predicted molar refractivity (Wildman–Crippen MR) is 120 cm³/mol. The van der Waals surface area contributed by atoms with Gasteiger partial charge in [0.05, 0.1) is 5.92 Å². The van der Waals surface area contributed by atoms with Crippen LogP contribution in [0.25, 0.3) is 10.1 Å². The SMILES string of the molecule is Cc1c(S(=O)(=O)Nc2cccc([C@@H]3CNCC[C@H]3C(=O)O)c2)sc2ccc(Cl)cc12. The maximum atomic E-state index is 13.1. The molecule has 3 N–H and O–H groups in total. The van der Waals surface area contributed by atoms with Gasteiger partial charge in [0.2, 0.25) is 0 Å². The van der Waals surface area contributed by atoms with Gasteiger partial charge < -0.3 is 10.4 Å². The van der Waals surface area contributed by atoms with E-state index in [1.54, 1.807) is 37.3 Å². The van der Waals surface area contributed by atoms with Gasteiger partial charge in [-0.05, 0) is 66.7 Å².